The Hall–Kier alpha value is -1.72. The van der Waals surface area contributed by atoms with Gasteiger partial charge in [-0.15, -0.1) is 0 Å². The van der Waals surface area contributed by atoms with Gasteiger partial charge in [-0.25, -0.2) is 0 Å². The summed E-state index contributed by atoms with van der Waals surface area (Å²) in [4.78, 5) is 21.0. The number of thiophene rings is 1. The number of amides is 1. The maximum atomic E-state index is 12.4. The molecule has 1 aliphatic heterocycles. The third kappa shape index (κ3) is 4.15. The smallest absolute Gasteiger partial charge is 0.227 e. The Morgan fingerprint density at radius 2 is 2.14 bits per heavy atom. The molecule has 0 radical (unpaired) electrons. The molecule has 1 saturated heterocycles. The van der Waals surface area contributed by atoms with Gasteiger partial charge in [0.25, 0.3) is 0 Å². The Kier molecular flexibility index (Phi) is 5.19. The summed E-state index contributed by atoms with van der Waals surface area (Å²) >= 11 is 1.65. The first-order valence-electron chi connectivity index (χ1n) is 7.71. The fourth-order valence-electron chi connectivity index (χ4n) is 2.81. The van der Waals surface area contributed by atoms with E-state index in [4.69, 9.17) is 0 Å². The molecule has 1 fully saturated rings. The third-order valence-corrected chi connectivity index (χ3v) is 4.74. The van der Waals surface area contributed by atoms with E-state index in [0.717, 1.165) is 44.7 Å². The van der Waals surface area contributed by atoms with Crippen molar-refractivity contribution in [3.63, 3.8) is 0 Å². The molecule has 0 aromatic carbocycles. The summed E-state index contributed by atoms with van der Waals surface area (Å²) in [5.74, 6) is 0.252. The number of pyridine rings is 1. The Morgan fingerprint density at radius 1 is 1.18 bits per heavy atom. The summed E-state index contributed by atoms with van der Waals surface area (Å²) in [7, 11) is 0. The van der Waals surface area contributed by atoms with E-state index in [1.807, 2.05) is 28.6 Å². The molecule has 116 valence electrons. The average Bonchev–Trinajstić information content (AvgIpc) is 2.93. The molecule has 2 aromatic heterocycles. The Balaban J connectivity index is 1.52. The van der Waals surface area contributed by atoms with Crippen molar-refractivity contribution in [2.24, 2.45) is 0 Å². The summed E-state index contributed by atoms with van der Waals surface area (Å²) in [6.45, 7) is 4.58. The monoisotopic (exact) mass is 315 g/mol. The van der Waals surface area contributed by atoms with Crippen molar-refractivity contribution in [1.82, 2.24) is 14.8 Å². The lowest BCUT2D eigenvalue weighted by molar-refractivity contribution is -0.130. The van der Waals surface area contributed by atoms with Crippen LogP contribution in [0.3, 0.4) is 0 Å². The normalized spacial score (nSPS) is 16.5. The number of aromatic nitrogens is 1. The number of hydrogen-bond donors (Lipinski definition) is 0. The highest BCUT2D eigenvalue weighted by atomic mass is 32.1. The molecule has 0 N–H and O–H groups in total. The lowest BCUT2D eigenvalue weighted by Crippen LogP contribution is -2.36. The van der Waals surface area contributed by atoms with Crippen LogP contribution in [-0.4, -0.2) is 46.9 Å². The second kappa shape index (κ2) is 7.51. The van der Waals surface area contributed by atoms with Crippen molar-refractivity contribution in [2.45, 2.75) is 19.4 Å². The number of carbonyl (C=O) groups is 1. The fourth-order valence-corrected chi connectivity index (χ4v) is 3.48. The minimum atomic E-state index is 0.252. The van der Waals surface area contributed by atoms with Gasteiger partial charge in [-0.3, -0.25) is 14.7 Å². The van der Waals surface area contributed by atoms with Crippen LogP contribution in [0.15, 0.2) is 41.4 Å². The Morgan fingerprint density at radius 3 is 2.91 bits per heavy atom. The molecule has 22 heavy (non-hydrogen) atoms. The average molecular weight is 315 g/mol. The van der Waals surface area contributed by atoms with Crippen LogP contribution in [0.25, 0.3) is 0 Å². The molecule has 3 rings (SSSR count). The van der Waals surface area contributed by atoms with Gasteiger partial charge in [0.15, 0.2) is 0 Å². The summed E-state index contributed by atoms with van der Waals surface area (Å²) in [5, 5.41) is 4.09. The van der Waals surface area contributed by atoms with Gasteiger partial charge >= 0.3 is 0 Å². The zero-order valence-corrected chi connectivity index (χ0v) is 13.5. The molecule has 0 atom stereocenters. The van der Waals surface area contributed by atoms with E-state index in [9.17, 15) is 4.79 Å². The van der Waals surface area contributed by atoms with E-state index in [0.29, 0.717) is 6.42 Å². The first-order chi connectivity index (χ1) is 10.8. The van der Waals surface area contributed by atoms with Gasteiger partial charge in [0, 0.05) is 45.1 Å². The van der Waals surface area contributed by atoms with Crippen LogP contribution in [0.2, 0.25) is 0 Å². The molecule has 0 aliphatic carbocycles. The van der Waals surface area contributed by atoms with E-state index in [1.54, 1.807) is 17.5 Å². The summed E-state index contributed by atoms with van der Waals surface area (Å²) in [5.41, 5.74) is 2.37. The van der Waals surface area contributed by atoms with E-state index in [2.05, 4.69) is 21.3 Å². The molecular formula is C17H21N3OS. The van der Waals surface area contributed by atoms with Crippen LogP contribution < -0.4 is 0 Å². The molecule has 1 amide bonds. The molecule has 4 nitrogen and oxygen atoms in total. The standard InChI is InChI=1S/C17H21N3OS/c21-17(11-15-4-10-22-14-15)20-7-2-6-19(8-9-20)13-16-3-1-5-18-12-16/h1,3-5,10,12,14H,2,6-9,11,13H2. The van der Waals surface area contributed by atoms with Crippen LogP contribution in [0.1, 0.15) is 17.5 Å². The number of rotatable bonds is 4. The fraction of sp³-hybridized carbons (Fsp3) is 0.412. The third-order valence-electron chi connectivity index (χ3n) is 4.01. The zero-order chi connectivity index (χ0) is 15.2. The maximum Gasteiger partial charge on any atom is 0.227 e. The predicted molar refractivity (Wildman–Crippen MR) is 88.7 cm³/mol. The molecular weight excluding hydrogens is 294 g/mol. The lowest BCUT2D eigenvalue weighted by Gasteiger charge is -2.22. The summed E-state index contributed by atoms with van der Waals surface area (Å²) < 4.78 is 0. The predicted octanol–water partition coefficient (Wildman–Crippen LogP) is 2.42. The number of nitrogens with zero attached hydrogens (tertiary/aromatic N) is 3. The van der Waals surface area contributed by atoms with Crippen molar-refractivity contribution in [3.05, 3.63) is 52.5 Å². The van der Waals surface area contributed by atoms with Crippen molar-refractivity contribution in [3.8, 4) is 0 Å². The minimum absolute atomic E-state index is 0.252. The second-order valence-corrected chi connectivity index (χ2v) is 6.46. The van der Waals surface area contributed by atoms with E-state index < -0.39 is 0 Å². The highest BCUT2D eigenvalue weighted by molar-refractivity contribution is 7.07. The Labute approximate surface area is 135 Å². The topological polar surface area (TPSA) is 36.4 Å². The molecule has 2 aromatic rings. The molecule has 1 aliphatic rings. The molecule has 5 heteroatoms. The van der Waals surface area contributed by atoms with Gasteiger partial charge in [-0.05, 0) is 40.4 Å². The van der Waals surface area contributed by atoms with Crippen LogP contribution in [0.5, 0.6) is 0 Å². The molecule has 0 unspecified atom stereocenters. The van der Waals surface area contributed by atoms with Gasteiger partial charge in [-0.1, -0.05) is 6.07 Å². The van der Waals surface area contributed by atoms with Crippen LogP contribution in [-0.2, 0) is 17.8 Å². The van der Waals surface area contributed by atoms with E-state index in [-0.39, 0.29) is 5.91 Å². The van der Waals surface area contributed by atoms with E-state index >= 15 is 0 Å². The van der Waals surface area contributed by atoms with Crippen LogP contribution >= 0.6 is 11.3 Å². The minimum Gasteiger partial charge on any atom is -0.341 e. The van der Waals surface area contributed by atoms with Crippen molar-refractivity contribution in [2.75, 3.05) is 26.2 Å². The van der Waals surface area contributed by atoms with E-state index in [1.165, 1.54) is 5.56 Å². The van der Waals surface area contributed by atoms with Crippen molar-refractivity contribution < 1.29 is 4.79 Å². The van der Waals surface area contributed by atoms with Gasteiger partial charge < -0.3 is 4.90 Å². The molecule has 0 saturated carbocycles. The SMILES string of the molecule is O=C(Cc1ccsc1)N1CCCN(Cc2cccnc2)CC1. The van der Waals surface area contributed by atoms with Gasteiger partial charge in [0.1, 0.15) is 0 Å². The molecule has 0 spiro atoms. The quantitative estimate of drug-likeness (QED) is 0.869. The van der Waals surface area contributed by atoms with Crippen LogP contribution in [0.4, 0.5) is 0 Å². The van der Waals surface area contributed by atoms with Gasteiger partial charge in [0.2, 0.25) is 5.91 Å². The highest BCUT2D eigenvalue weighted by Gasteiger charge is 2.19. The molecule has 0 bridgehead atoms. The summed E-state index contributed by atoms with van der Waals surface area (Å²) in [6, 6.07) is 6.12. The second-order valence-electron chi connectivity index (χ2n) is 5.68. The van der Waals surface area contributed by atoms with Gasteiger partial charge in [0.05, 0.1) is 6.42 Å². The highest BCUT2D eigenvalue weighted by Crippen LogP contribution is 2.12. The summed E-state index contributed by atoms with van der Waals surface area (Å²) in [6.07, 6.45) is 5.29. The first kappa shape index (κ1) is 15.2. The number of hydrogen-bond acceptors (Lipinski definition) is 4. The first-order valence-corrected chi connectivity index (χ1v) is 8.65. The maximum absolute atomic E-state index is 12.4. The van der Waals surface area contributed by atoms with Gasteiger partial charge in [-0.2, -0.15) is 11.3 Å². The Bertz CT molecular complexity index is 585. The van der Waals surface area contributed by atoms with Crippen LogP contribution in [0, 0.1) is 0 Å². The zero-order valence-electron chi connectivity index (χ0n) is 12.6. The van der Waals surface area contributed by atoms with Crippen molar-refractivity contribution >= 4 is 17.2 Å². The molecule has 3 heterocycles. The lowest BCUT2D eigenvalue weighted by atomic mass is 10.2. The van der Waals surface area contributed by atoms with Crippen molar-refractivity contribution in [1.29, 1.82) is 0 Å². The number of carbonyl (C=O) groups excluding carboxylic acids is 1. The largest absolute Gasteiger partial charge is 0.341 e.